The van der Waals surface area contributed by atoms with Gasteiger partial charge in [-0.1, -0.05) is 0 Å². The van der Waals surface area contributed by atoms with Crippen molar-refractivity contribution in [3.05, 3.63) is 63.0 Å². The minimum atomic E-state index is -0.214. The second-order valence-electron chi connectivity index (χ2n) is 6.98. The standard InChI is InChI=1S/C21H26N4O3S/c1-3-24(4-2)11-6-10-22-19(26)15-8-9-17-18(13-15)23-21(29)25(20(17)27)14-16-7-5-12-28-16/h5,7-9,12-13H,3-4,6,10-11,14H2,1-2H3,(H,22,26)(H,23,29)/p+1. The van der Waals surface area contributed by atoms with E-state index in [0.717, 1.165) is 26.1 Å². The fourth-order valence-electron chi connectivity index (χ4n) is 3.34. The summed E-state index contributed by atoms with van der Waals surface area (Å²) in [6, 6.07) is 8.57. The van der Waals surface area contributed by atoms with Crippen molar-refractivity contribution in [2.75, 3.05) is 26.2 Å². The minimum absolute atomic E-state index is 0.152. The number of carbonyl (C=O) groups is 1. The average molecular weight is 416 g/mol. The molecule has 0 unspecified atom stereocenters. The van der Waals surface area contributed by atoms with E-state index in [9.17, 15) is 9.59 Å². The van der Waals surface area contributed by atoms with E-state index in [-0.39, 0.29) is 18.0 Å². The summed E-state index contributed by atoms with van der Waals surface area (Å²) in [7, 11) is 0. The van der Waals surface area contributed by atoms with Crippen LogP contribution >= 0.6 is 12.2 Å². The summed E-state index contributed by atoms with van der Waals surface area (Å²) in [6.07, 6.45) is 2.48. The summed E-state index contributed by atoms with van der Waals surface area (Å²) in [5.74, 6) is 0.494. The number of rotatable bonds is 9. The Hall–Kier alpha value is -2.71. The number of aromatic nitrogens is 2. The quantitative estimate of drug-likeness (QED) is 0.367. The first-order valence-corrected chi connectivity index (χ1v) is 10.3. The van der Waals surface area contributed by atoms with Gasteiger partial charge in [0, 0.05) is 18.5 Å². The molecule has 3 rings (SSSR count). The van der Waals surface area contributed by atoms with Crippen molar-refractivity contribution in [2.45, 2.75) is 26.8 Å². The highest BCUT2D eigenvalue weighted by Crippen LogP contribution is 2.12. The molecule has 2 aromatic heterocycles. The van der Waals surface area contributed by atoms with Crippen molar-refractivity contribution < 1.29 is 14.1 Å². The monoisotopic (exact) mass is 415 g/mol. The molecule has 0 radical (unpaired) electrons. The van der Waals surface area contributed by atoms with Crippen molar-refractivity contribution in [1.29, 1.82) is 0 Å². The third-order valence-corrected chi connectivity index (χ3v) is 5.45. The fourth-order valence-corrected chi connectivity index (χ4v) is 3.60. The van der Waals surface area contributed by atoms with Crippen molar-refractivity contribution in [2.24, 2.45) is 0 Å². The van der Waals surface area contributed by atoms with Gasteiger partial charge in [-0.25, -0.2) is 0 Å². The predicted molar refractivity (Wildman–Crippen MR) is 115 cm³/mol. The Kier molecular flexibility index (Phi) is 7.00. The summed E-state index contributed by atoms with van der Waals surface area (Å²) in [6.45, 7) is 8.43. The highest BCUT2D eigenvalue weighted by molar-refractivity contribution is 7.71. The topological polar surface area (TPSA) is 84.5 Å². The Labute approximate surface area is 174 Å². The molecule has 8 heteroatoms. The van der Waals surface area contributed by atoms with E-state index in [1.165, 1.54) is 9.47 Å². The van der Waals surface area contributed by atoms with Crippen LogP contribution in [0.2, 0.25) is 0 Å². The minimum Gasteiger partial charge on any atom is -0.467 e. The summed E-state index contributed by atoms with van der Waals surface area (Å²) in [4.78, 5) is 29.9. The van der Waals surface area contributed by atoms with Crippen molar-refractivity contribution >= 4 is 29.0 Å². The summed E-state index contributed by atoms with van der Waals surface area (Å²) >= 11 is 5.34. The number of nitrogens with zero attached hydrogens (tertiary/aromatic N) is 1. The lowest BCUT2D eigenvalue weighted by molar-refractivity contribution is -0.896. The van der Waals surface area contributed by atoms with Gasteiger partial charge in [-0.15, -0.1) is 0 Å². The Morgan fingerprint density at radius 1 is 1.28 bits per heavy atom. The van der Waals surface area contributed by atoms with Crippen LogP contribution in [-0.2, 0) is 6.54 Å². The molecule has 0 aliphatic carbocycles. The molecule has 29 heavy (non-hydrogen) atoms. The molecular weight excluding hydrogens is 388 g/mol. The third kappa shape index (κ3) is 5.02. The van der Waals surface area contributed by atoms with Gasteiger partial charge in [-0.05, 0) is 56.4 Å². The van der Waals surface area contributed by atoms with Gasteiger partial charge in [-0.3, -0.25) is 14.2 Å². The first-order chi connectivity index (χ1) is 14.0. The summed E-state index contributed by atoms with van der Waals surface area (Å²) in [5, 5.41) is 3.43. The van der Waals surface area contributed by atoms with Crippen LogP contribution in [0.15, 0.2) is 45.8 Å². The van der Waals surface area contributed by atoms with Crippen molar-refractivity contribution in [3.63, 3.8) is 0 Å². The molecule has 7 nitrogen and oxygen atoms in total. The Morgan fingerprint density at radius 2 is 2.07 bits per heavy atom. The molecule has 0 aliphatic heterocycles. The van der Waals surface area contributed by atoms with Crippen molar-refractivity contribution in [3.8, 4) is 0 Å². The molecule has 1 amide bonds. The number of amides is 1. The average Bonchev–Trinajstić information content (AvgIpc) is 3.24. The number of carbonyl (C=O) groups excluding carboxylic acids is 1. The molecule has 0 saturated carbocycles. The second kappa shape index (κ2) is 9.67. The van der Waals surface area contributed by atoms with Gasteiger partial charge in [-0.2, -0.15) is 0 Å². The van der Waals surface area contributed by atoms with Crippen LogP contribution in [0.3, 0.4) is 0 Å². The number of aromatic amines is 1. The number of hydrogen-bond donors (Lipinski definition) is 3. The van der Waals surface area contributed by atoms with Crippen LogP contribution in [0, 0.1) is 4.77 Å². The molecule has 0 spiro atoms. The molecule has 154 valence electrons. The van der Waals surface area contributed by atoms with Crippen LogP contribution in [0.25, 0.3) is 10.9 Å². The van der Waals surface area contributed by atoms with Gasteiger partial charge < -0.3 is 19.6 Å². The van der Waals surface area contributed by atoms with Gasteiger partial charge in [0.25, 0.3) is 11.5 Å². The van der Waals surface area contributed by atoms with Crippen LogP contribution in [0.4, 0.5) is 0 Å². The Morgan fingerprint density at radius 3 is 2.76 bits per heavy atom. The third-order valence-electron chi connectivity index (χ3n) is 5.13. The normalized spacial score (nSPS) is 11.3. The highest BCUT2D eigenvalue weighted by Gasteiger charge is 2.11. The summed E-state index contributed by atoms with van der Waals surface area (Å²) in [5.41, 5.74) is 0.840. The van der Waals surface area contributed by atoms with E-state index in [1.807, 2.05) is 0 Å². The number of quaternary nitrogens is 1. The molecule has 1 aromatic carbocycles. The van der Waals surface area contributed by atoms with Crippen LogP contribution in [0.1, 0.15) is 36.4 Å². The SMILES string of the molecule is CC[NH+](CC)CCCNC(=O)c1ccc2c(=O)n(Cc3ccco3)c(=S)[nH]c2c1. The lowest BCUT2D eigenvalue weighted by Gasteiger charge is -2.15. The highest BCUT2D eigenvalue weighted by atomic mass is 32.1. The first kappa shape index (κ1) is 21.0. The zero-order valence-corrected chi connectivity index (χ0v) is 17.6. The van der Waals surface area contributed by atoms with Crippen LogP contribution < -0.4 is 15.8 Å². The smallest absolute Gasteiger partial charge is 0.262 e. The number of hydrogen-bond acceptors (Lipinski definition) is 4. The maximum atomic E-state index is 12.8. The van der Waals surface area contributed by atoms with E-state index in [4.69, 9.17) is 16.6 Å². The van der Waals surface area contributed by atoms with Crippen LogP contribution in [0.5, 0.6) is 0 Å². The largest absolute Gasteiger partial charge is 0.467 e. The zero-order valence-electron chi connectivity index (χ0n) is 16.8. The number of benzene rings is 1. The maximum Gasteiger partial charge on any atom is 0.262 e. The number of furan rings is 1. The maximum absolute atomic E-state index is 12.8. The van der Waals surface area contributed by atoms with E-state index in [0.29, 0.717) is 33.5 Å². The first-order valence-electron chi connectivity index (χ1n) is 9.94. The van der Waals surface area contributed by atoms with Gasteiger partial charge in [0.05, 0.1) is 43.3 Å². The van der Waals surface area contributed by atoms with E-state index in [2.05, 4.69) is 24.1 Å². The lowest BCUT2D eigenvalue weighted by atomic mass is 10.1. The molecule has 3 aromatic rings. The molecule has 2 heterocycles. The van der Waals surface area contributed by atoms with E-state index in [1.54, 1.807) is 36.6 Å². The van der Waals surface area contributed by atoms with Crippen molar-refractivity contribution in [1.82, 2.24) is 14.9 Å². The van der Waals surface area contributed by atoms with E-state index >= 15 is 0 Å². The molecule has 0 atom stereocenters. The van der Waals surface area contributed by atoms with Gasteiger partial charge in [0.15, 0.2) is 4.77 Å². The van der Waals surface area contributed by atoms with Crippen LogP contribution in [-0.4, -0.2) is 41.6 Å². The number of H-pyrrole nitrogens is 1. The zero-order chi connectivity index (χ0) is 20.8. The van der Waals surface area contributed by atoms with Gasteiger partial charge >= 0.3 is 0 Å². The van der Waals surface area contributed by atoms with Gasteiger partial charge in [0.2, 0.25) is 0 Å². The Balaban J connectivity index is 1.74. The number of fused-ring (bicyclic) bond motifs is 1. The summed E-state index contributed by atoms with van der Waals surface area (Å²) < 4.78 is 7.05. The fraction of sp³-hybridized carbons (Fsp3) is 0.381. The second-order valence-corrected chi connectivity index (χ2v) is 7.36. The molecule has 0 saturated heterocycles. The Bertz CT molecular complexity index is 1080. The molecule has 0 fully saturated rings. The molecule has 0 aliphatic rings. The van der Waals surface area contributed by atoms with Gasteiger partial charge in [0.1, 0.15) is 5.76 Å². The molecular formula is C21H27N4O3S+. The molecule has 0 bridgehead atoms. The number of nitrogens with one attached hydrogen (secondary N) is 3. The van der Waals surface area contributed by atoms with E-state index < -0.39 is 0 Å². The lowest BCUT2D eigenvalue weighted by Crippen LogP contribution is -3.11. The molecule has 3 N–H and O–H groups in total. The predicted octanol–water partition coefficient (Wildman–Crippen LogP) is 1.74.